The van der Waals surface area contributed by atoms with Gasteiger partial charge in [0.2, 0.25) is 5.91 Å². The summed E-state index contributed by atoms with van der Waals surface area (Å²) in [4.78, 5) is 26.7. The van der Waals surface area contributed by atoms with Crippen LogP contribution in [-0.2, 0) is 25.8 Å². The maximum Gasteiger partial charge on any atom is 0.251 e. The highest BCUT2D eigenvalue weighted by Crippen LogP contribution is 2.32. The maximum atomic E-state index is 12.8. The molecule has 172 valence electrons. The zero-order valence-electron chi connectivity index (χ0n) is 18.2. The first-order valence-corrected chi connectivity index (χ1v) is 12.8. The van der Waals surface area contributed by atoms with Gasteiger partial charge in [-0.2, -0.15) is 0 Å². The summed E-state index contributed by atoms with van der Waals surface area (Å²) < 4.78 is 33.7. The molecule has 2 amide bonds. The van der Waals surface area contributed by atoms with Crippen molar-refractivity contribution in [3.05, 3.63) is 48.0 Å². The molecular weight excluding hydrogens is 452 g/mol. The van der Waals surface area contributed by atoms with Gasteiger partial charge in [-0.05, 0) is 42.3 Å². The fourth-order valence-electron chi connectivity index (χ4n) is 3.38. The Balaban J connectivity index is 1.60. The minimum Gasteiger partial charge on any atom is -0.493 e. The number of nitrogens with zero attached hydrogens (tertiary/aromatic N) is 2. The zero-order chi connectivity index (χ0) is 23.3. The van der Waals surface area contributed by atoms with Gasteiger partial charge in [-0.3, -0.25) is 19.6 Å². The Morgan fingerprint density at radius 1 is 0.938 bits per heavy atom. The third kappa shape index (κ3) is 5.74. The van der Waals surface area contributed by atoms with E-state index in [4.69, 9.17) is 9.47 Å². The van der Waals surface area contributed by atoms with E-state index in [1.165, 1.54) is 33.9 Å². The highest BCUT2D eigenvalue weighted by molar-refractivity contribution is 8.00. The number of hydrazine groups is 1. The molecule has 0 aromatic heterocycles. The molecule has 10 heteroatoms. The van der Waals surface area contributed by atoms with Crippen molar-refractivity contribution in [3.63, 3.8) is 0 Å². The van der Waals surface area contributed by atoms with Gasteiger partial charge in [0.25, 0.3) is 5.91 Å². The number of ether oxygens (including phenoxy) is 2. The van der Waals surface area contributed by atoms with Crippen LogP contribution in [-0.4, -0.2) is 69.6 Å². The van der Waals surface area contributed by atoms with Crippen LogP contribution in [0.15, 0.2) is 52.3 Å². The van der Waals surface area contributed by atoms with Gasteiger partial charge < -0.3 is 9.47 Å². The molecule has 1 aliphatic rings. The van der Waals surface area contributed by atoms with Gasteiger partial charge >= 0.3 is 0 Å². The minimum atomic E-state index is -3.29. The zero-order valence-corrected chi connectivity index (χ0v) is 19.9. The van der Waals surface area contributed by atoms with E-state index in [9.17, 15) is 18.0 Å². The highest BCUT2D eigenvalue weighted by atomic mass is 32.2. The van der Waals surface area contributed by atoms with E-state index >= 15 is 0 Å². The SMILES string of the molecule is COc1ccc(SCC(=O)N2CCCN2C(=O)Cc2ccc(S(C)(=O)=O)cc2)cc1OC. The Labute approximate surface area is 192 Å². The van der Waals surface area contributed by atoms with E-state index in [1.807, 2.05) is 12.1 Å². The van der Waals surface area contributed by atoms with Crippen molar-refractivity contribution in [1.29, 1.82) is 0 Å². The van der Waals surface area contributed by atoms with Crippen LogP contribution >= 0.6 is 11.8 Å². The molecule has 0 bridgehead atoms. The van der Waals surface area contributed by atoms with Crippen LogP contribution in [0.2, 0.25) is 0 Å². The molecule has 1 fully saturated rings. The van der Waals surface area contributed by atoms with E-state index in [1.54, 1.807) is 32.4 Å². The van der Waals surface area contributed by atoms with Gasteiger partial charge in [0.1, 0.15) is 0 Å². The van der Waals surface area contributed by atoms with Gasteiger partial charge in [0.05, 0.1) is 31.3 Å². The summed E-state index contributed by atoms with van der Waals surface area (Å²) in [6.07, 6.45) is 1.95. The molecular formula is C22H26N2O6S2. The van der Waals surface area contributed by atoms with Crippen molar-refractivity contribution in [2.75, 3.05) is 39.3 Å². The molecule has 0 aliphatic carbocycles. The second-order valence-electron chi connectivity index (χ2n) is 7.29. The summed E-state index contributed by atoms with van der Waals surface area (Å²) in [5, 5.41) is 2.99. The predicted octanol–water partition coefficient (Wildman–Crippen LogP) is 2.42. The number of carbonyl (C=O) groups is 2. The second kappa shape index (κ2) is 10.3. The predicted molar refractivity (Wildman–Crippen MR) is 122 cm³/mol. The number of thioether (sulfide) groups is 1. The van der Waals surface area contributed by atoms with Gasteiger partial charge in [-0.15, -0.1) is 11.8 Å². The lowest BCUT2D eigenvalue weighted by molar-refractivity contribution is -0.155. The first kappa shape index (κ1) is 23.9. The molecule has 3 rings (SSSR count). The number of hydrogen-bond acceptors (Lipinski definition) is 7. The molecule has 0 spiro atoms. The fraction of sp³-hybridized carbons (Fsp3) is 0.364. The molecule has 0 unspecified atom stereocenters. The Morgan fingerprint density at radius 3 is 2.16 bits per heavy atom. The summed E-state index contributed by atoms with van der Waals surface area (Å²) in [7, 11) is -0.169. The van der Waals surface area contributed by atoms with Crippen LogP contribution in [0, 0.1) is 0 Å². The number of methoxy groups -OCH3 is 2. The number of rotatable bonds is 8. The lowest BCUT2D eigenvalue weighted by atomic mass is 10.1. The van der Waals surface area contributed by atoms with Crippen molar-refractivity contribution in [1.82, 2.24) is 10.0 Å². The van der Waals surface area contributed by atoms with Crippen LogP contribution in [0.5, 0.6) is 11.5 Å². The average Bonchev–Trinajstić information content (AvgIpc) is 3.27. The van der Waals surface area contributed by atoms with Gasteiger partial charge in [0, 0.05) is 24.2 Å². The normalized spacial score (nSPS) is 13.8. The number of amides is 2. The van der Waals surface area contributed by atoms with Gasteiger partial charge in [-0.1, -0.05) is 12.1 Å². The minimum absolute atomic E-state index is 0.0939. The molecule has 1 aliphatic heterocycles. The van der Waals surface area contributed by atoms with Gasteiger partial charge in [0.15, 0.2) is 21.3 Å². The largest absolute Gasteiger partial charge is 0.493 e. The molecule has 2 aromatic carbocycles. The van der Waals surface area contributed by atoms with Crippen molar-refractivity contribution in [2.45, 2.75) is 22.6 Å². The Hall–Kier alpha value is -2.72. The topological polar surface area (TPSA) is 93.2 Å². The van der Waals surface area contributed by atoms with Crippen LogP contribution in [0.25, 0.3) is 0 Å². The summed E-state index contributed by atoms with van der Waals surface area (Å²) in [6, 6.07) is 11.7. The van der Waals surface area contributed by atoms with E-state index in [-0.39, 0.29) is 28.9 Å². The molecule has 32 heavy (non-hydrogen) atoms. The van der Waals surface area contributed by atoms with E-state index < -0.39 is 9.84 Å². The molecule has 8 nitrogen and oxygen atoms in total. The monoisotopic (exact) mass is 478 g/mol. The Bertz CT molecular complexity index is 1090. The number of hydrogen-bond donors (Lipinski definition) is 0. The van der Waals surface area contributed by atoms with Crippen molar-refractivity contribution in [3.8, 4) is 11.5 Å². The molecule has 0 radical (unpaired) electrons. The third-order valence-electron chi connectivity index (χ3n) is 5.03. The van der Waals surface area contributed by atoms with Crippen LogP contribution < -0.4 is 9.47 Å². The first-order chi connectivity index (χ1) is 15.2. The Morgan fingerprint density at radius 2 is 1.56 bits per heavy atom. The molecule has 1 saturated heterocycles. The molecule has 2 aromatic rings. The summed E-state index contributed by atoms with van der Waals surface area (Å²) >= 11 is 1.36. The number of sulfone groups is 1. The first-order valence-electron chi connectivity index (χ1n) is 9.97. The van der Waals surface area contributed by atoms with Crippen molar-refractivity contribution < 1.29 is 27.5 Å². The van der Waals surface area contributed by atoms with Crippen LogP contribution in [0.3, 0.4) is 0 Å². The van der Waals surface area contributed by atoms with E-state index in [0.717, 1.165) is 11.2 Å². The average molecular weight is 479 g/mol. The number of carbonyl (C=O) groups excluding carboxylic acids is 2. The molecule has 0 N–H and O–H groups in total. The second-order valence-corrected chi connectivity index (χ2v) is 10.4. The standard InChI is InChI=1S/C22H26N2O6S2/c1-29-19-10-7-17(14-20(19)30-2)31-15-22(26)24-12-4-11-23(24)21(25)13-16-5-8-18(9-6-16)32(3,27)28/h5-10,14H,4,11-13,15H2,1-3H3. The summed E-state index contributed by atoms with van der Waals surface area (Å²) in [5.41, 5.74) is 0.696. The molecule has 0 atom stereocenters. The summed E-state index contributed by atoms with van der Waals surface area (Å²) in [6.45, 7) is 0.969. The van der Waals surface area contributed by atoms with Gasteiger partial charge in [-0.25, -0.2) is 8.42 Å². The molecule has 0 saturated carbocycles. The van der Waals surface area contributed by atoms with E-state index in [0.29, 0.717) is 36.6 Å². The lowest BCUT2D eigenvalue weighted by Crippen LogP contribution is -2.46. The summed E-state index contributed by atoms with van der Waals surface area (Å²) in [5.74, 6) is 1.04. The Kier molecular flexibility index (Phi) is 7.68. The van der Waals surface area contributed by atoms with Crippen molar-refractivity contribution >= 4 is 33.4 Å². The fourth-order valence-corrected chi connectivity index (χ4v) is 4.80. The van der Waals surface area contributed by atoms with Crippen molar-refractivity contribution in [2.24, 2.45) is 0 Å². The number of benzene rings is 2. The maximum absolute atomic E-state index is 12.8. The highest BCUT2D eigenvalue weighted by Gasteiger charge is 2.30. The van der Waals surface area contributed by atoms with E-state index in [2.05, 4.69) is 0 Å². The smallest absolute Gasteiger partial charge is 0.251 e. The van der Waals surface area contributed by atoms with Crippen LogP contribution in [0.1, 0.15) is 12.0 Å². The molecule has 1 heterocycles. The third-order valence-corrected chi connectivity index (χ3v) is 7.14. The lowest BCUT2D eigenvalue weighted by Gasteiger charge is -2.28. The van der Waals surface area contributed by atoms with Crippen LogP contribution in [0.4, 0.5) is 0 Å². The quantitative estimate of drug-likeness (QED) is 0.538.